The molecule has 0 saturated carbocycles. The molecule has 2 atom stereocenters. The van der Waals surface area contributed by atoms with Crippen molar-refractivity contribution in [3.05, 3.63) is 18.0 Å². The Balaban J connectivity index is 1.97. The van der Waals surface area contributed by atoms with E-state index in [2.05, 4.69) is 49.1 Å². The molecular formula is C17H32N4. The van der Waals surface area contributed by atoms with Crippen LogP contribution in [-0.2, 0) is 13.5 Å². The second-order valence-corrected chi connectivity index (χ2v) is 7.23. The molecule has 0 radical (unpaired) electrons. The molecule has 0 amide bonds. The summed E-state index contributed by atoms with van der Waals surface area (Å²) in [5, 5.41) is 8.03. The zero-order valence-corrected chi connectivity index (χ0v) is 14.3. The van der Waals surface area contributed by atoms with E-state index in [1.165, 1.54) is 18.7 Å². The minimum Gasteiger partial charge on any atom is -0.311 e. The number of hydrogen-bond acceptors (Lipinski definition) is 3. The zero-order chi connectivity index (χ0) is 15.4. The minimum atomic E-state index is 0.625. The van der Waals surface area contributed by atoms with Gasteiger partial charge in [-0.3, -0.25) is 9.58 Å². The predicted octanol–water partition coefficient (Wildman–Crippen LogP) is 2.31. The molecule has 2 unspecified atom stereocenters. The van der Waals surface area contributed by atoms with E-state index >= 15 is 0 Å². The van der Waals surface area contributed by atoms with Crippen LogP contribution in [0.15, 0.2) is 12.3 Å². The first kappa shape index (κ1) is 16.5. The molecule has 0 aliphatic carbocycles. The first-order chi connectivity index (χ1) is 9.97. The number of hydrogen-bond donors (Lipinski definition) is 1. The normalized spacial score (nSPS) is 24.1. The summed E-state index contributed by atoms with van der Waals surface area (Å²) in [5.74, 6) is 1.45. The Bertz CT molecular complexity index is 424. The molecule has 1 aliphatic heterocycles. The number of piperazine rings is 1. The first-order valence-electron chi connectivity index (χ1n) is 8.41. The Hall–Kier alpha value is -0.870. The molecule has 4 nitrogen and oxygen atoms in total. The second kappa shape index (κ2) is 7.41. The highest BCUT2D eigenvalue weighted by Crippen LogP contribution is 2.18. The van der Waals surface area contributed by atoms with Crippen molar-refractivity contribution in [2.45, 2.75) is 52.6 Å². The van der Waals surface area contributed by atoms with Crippen LogP contribution in [0.5, 0.6) is 0 Å². The summed E-state index contributed by atoms with van der Waals surface area (Å²) in [6, 6.07) is 3.44. The van der Waals surface area contributed by atoms with E-state index in [9.17, 15) is 0 Å². The largest absolute Gasteiger partial charge is 0.311 e. The molecule has 0 aromatic carbocycles. The molecule has 1 aromatic heterocycles. The van der Waals surface area contributed by atoms with Crippen molar-refractivity contribution in [3.8, 4) is 0 Å². The number of nitrogens with one attached hydrogen (secondary N) is 1. The van der Waals surface area contributed by atoms with Gasteiger partial charge in [-0.25, -0.2) is 0 Å². The topological polar surface area (TPSA) is 33.1 Å². The molecule has 0 spiro atoms. The number of aryl methyl sites for hydroxylation is 1. The van der Waals surface area contributed by atoms with Crippen molar-refractivity contribution in [2.24, 2.45) is 18.9 Å². The quantitative estimate of drug-likeness (QED) is 0.873. The number of nitrogens with zero attached hydrogens (tertiary/aromatic N) is 3. The highest BCUT2D eigenvalue weighted by atomic mass is 15.3. The average Bonchev–Trinajstić information content (AvgIpc) is 2.82. The summed E-state index contributed by atoms with van der Waals surface area (Å²) >= 11 is 0. The Morgan fingerprint density at radius 2 is 2.10 bits per heavy atom. The monoisotopic (exact) mass is 292 g/mol. The van der Waals surface area contributed by atoms with E-state index in [4.69, 9.17) is 0 Å². The van der Waals surface area contributed by atoms with Crippen LogP contribution in [0.4, 0.5) is 0 Å². The molecule has 120 valence electrons. The Morgan fingerprint density at radius 3 is 2.67 bits per heavy atom. The SMILES string of the molecule is CC(C)CC1CNC(C(C)C)CN1CCc1ccnn1C. The van der Waals surface area contributed by atoms with Gasteiger partial charge in [0.15, 0.2) is 0 Å². The van der Waals surface area contributed by atoms with Gasteiger partial charge in [0, 0.05) is 57.1 Å². The van der Waals surface area contributed by atoms with Crippen molar-refractivity contribution in [1.29, 1.82) is 0 Å². The van der Waals surface area contributed by atoms with Gasteiger partial charge in [0.1, 0.15) is 0 Å². The second-order valence-electron chi connectivity index (χ2n) is 7.23. The third-order valence-corrected chi connectivity index (χ3v) is 4.69. The Morgan fingerprint density at radius 1 is 1.33 bits per heavy atom. The van der Waals surface area contributed by atoms with E-state index in [1.807, 2.05) is 17.9 Å². The molecule has 1 aliphatic rings. The highest BCUT2D eigenvalue weighted by Gasteiger charge is 2.29. The van der Waals surface area contributed by atoms with E-state index in [-0.39, 0.29) is 0 Å². The molecule has 4 heteroatoms. The van der Waals surface area contributed by atoms with E-state index in [0.717, 1.165) is 25.4 Å². The van der Waals surface area contributed by atoms with Crippen LogP contribution >= 0.6 is 0 Å². The molecule has 21 heavy (non-hydrogen) atoms. The summed E-state index contributed by atoms with van der Waals surface area (Å²) in [6.45, 7) is 12.7. The molecule has 1 N–H and O–H groups in total. The fraction of sp³-hybridized carbons (Fsp3) is 0.824. The minimum absolute atomic E-state index is 0.625. The van der Waals surface area contributed by atoms with Gasteiger partial charge in [-0.2, -0.15) is 5.10 Å². The van der Waals surface area contributed by atoms with E-state index in [0.29, 0.717) is 18.0 Å². The predicted molar refractivity (Wildman–Crippen MR) is 88.4 cm³/mol. The van der Waals surface area contributed by atoms with Crippen molar-refractivity contribution in [3.63, 3.8) is 0 Å². The van der Waals surface area contributed by atoms with Gasteiger partial charge in [0.25, 0.3) is 0 Å². The van der Waals surface area contributed by atoms with Gasteiger partial charge < -0.3 is 5.32 Å². The van der Waals surface area contributed by atoms with Crippen LogP contribution in [0.3, 0.4) is 0 Å². The maximum Gasteiger partial charge on any atom is 0.0492 e. The van der Waals surface area contributed by atoms with Gasteiger partial charge in [0.05, 0.1) is 0 Å². The standard InChI is InChI=1S/C17H32N4/c1-13(2)10-16-11-18-17(14(3)4)12-21(16)9-7-15-6-8-19-20(15)5/h6,8,13-14,16-18H,7,9-12H2,1-5H3. The van der Waals surface area contributed by atoms with Crippen molar-refractivity contribution < 1.29 is 0 Å². The number of rotatable bonds is 6. The molecular weight excluding hydrogens is 260 g/mol. The maximum atomic E-state index is 4.28. The lowest BCUT2D eigenvalue weighted by atomic mass is 9.95. The Kier molecular flexibility index (Phi) is 5.82. The summed E-state index contributed by atoms with van der Waals surface area (Å²) in [5.41, 5.74) is 1.33. The van der Waals surface area contributed by atoms with Crippen molar-refractivity contribution in [2.75, 3.05) is 19.6 Å². The molecule has 2 heterocycles. The van der Waals surface area contributed by atoms with Crippen LogP contribution in [-0.4, -0.2) is 46.4 Å². The smallest absolute Gasteiger partial charge is 0.0492 e. The fourth-order valence-electron chi connectivity index (χ4n) is 3.28. The first-order valence-corrected chi connectivity index (χ1v) is 8.41. The van der Waals surface area contributed by atoms with Crippen LogP contribution in [0.25, 0.3) is 0 Å². The molecule has 1 saturated heterocycles. The lowest BCUT2D eigenvalue weighted by Gasteiger charge is -2.42. The molecule has 0 bridgehead atoms. The van der Waals surface area contributed by atoms with Crippen molar-refractivity contribution >= 4 is 0 Å². The highest BCUT2D eigenvalue weighted by molar-refractivity contribution is 5.01. The summed E-state index contributed by atoms with van der Waals surface area (Å²) in [7, 11) is 2.04. The van der Waals surface area contributed by atoms with Crippen molar-refractivity contribution in [1.82, 2.24) is 20.0 Å². The molecule has 1 aromatic rings. The van der Waals surface area contributed by atoms with Crippen LogP contribution in [0, 0.1) is 11.8 Å². The fourth-order valence-corrected chi connectivity index (χ4v) is 3.28. The van der Waals surface area contributed by atoms with Gasteiger partial charge >= 0.3 is 0 Å². The molecule has 1 fully saturated rings. The van der Waals surface area contributed by atoms with Gasteiger partial charge in [-0.05, 0) is 24.3 Å². The van der Waals surface area contributed by atoms with Crippen LogP contribution in [0.1, 0.15) is 39.8 Å². The van der Waals surface area contributed by atoms with Gasteiger partial charge in [0.2, 0.25) is 0 Å². The summed E-state index contributed by atoms with van der Waals surface area (Å²) < 4.78 is 2.00. The van der Waals surface area contributed by atoms with Gasteiger partial charge in [-0.15, -0.1) is 0 Å². The van der Waals surface area contributed by atoms with E-state index in [1.54, 1.807) is 0 Å². The summed E-state index contributed by atoms with van der Waals surface area (Å²) in [4.78, 5) is 2.70. The maximum absolute atomic E-state index is 4.28. The lowest BCUT2D eigenvalue weighted by Crippen LogP contribution is -2.58. The lowest BCUT2D eigenvalue weighted by molar-refractivity contribution is 0.100. The van der Waals surface area contributed by atoms with Crippen LogP contribution in [0.2, 0.25) is 0 Å². The average molecular weight is 292 g/mol. The van der Waals surface area contributed by atoms with Crippen LogP contribution < -0.4 is 5.32 Å². The third-order valence-electron chi connectivity index (χ3n) is 4.69. The Labute approximate surface area is 129 Å². The van der Waals surface area contributed by atoms with Gasteiger partial charge in [-0.1, -0.05) is 27.7 Å². The third kappa shape index (κ3) is 4.55. The summed E-state index contributed by atoms with van der Waals surface area (Å²) in [6.07, 6.45) is 4.27. The number of aromatic nitrogens is 2. The van der Waals surface area contributed by atoms with E-state index < -0.39 is 0 Å². The zero-order valence-electron chi connectivity index (χ0n) is 14.3. The molecule has 2 rings (SSSR count).